The van der Waals surface area contributed by atoms with Crippen molar-refractivity contribution in [3.8, 4) is 11.5 Å². The molecule has 1 amide bonds. The Kier molecular flexibility index (Phi) is 6.27. The molecule has 0 radical (unpaired) electrons. The van der Waals surface area contributed by atoms with Crippen LogP contribution in [0.2, 0.25) is 0 Å². The van der Waals surface area contributed by atoms with E-state index in [0.717, 1.165) is 11.1 Å². The van der Waals surface area contributed by atoms with Gasteiger partial charge >= 0.3 is 0 Å². The standard InChI is InChI=1S/C24H27N3O2/c1-15(2)19-12-9-18(10-13-19)11-14-21(28)25-22-17(5)7-6-8-20(22)24-26-23(16(3)4)27-29-24/h6-16H,1-5H3,(H,25,28)/b14-11+. The highest BCUT2D eigenvalue weighted by Crippen LogP contribution is 2.30. The molecule has 5 heteroatoms. The van der Waals surface area contributed by atoms with Gasteiger partial charge in [0.2, 0.25) is 5.91 Å². The van der Waals surface area contributed by atoms with Crippen LogP contribution in [0, 0.1) is 6.92 Å². The normalized spacial score (nSPS) is 11.6. The van der Waals surface area contributed by atoms with Gasteiger partial charge in [-0.15, -0.1) is 0 Å². The van der Waals surface area contributed by atoms with Gasteiger partial charge in [0.1, 0.15) is 0 Å². The van der Waals surface area contributed by atoms with Crippen molar-refractivity contribution in [2.24, 2.45) is 0 Å². The lowest BCUT2D eigenvalue weighted by atomic mass is 10.0. The highest BCUT2D eigenvalue weighted by molar-refractivity contribution is 6.04. The minimum absolute atomic E-state index is 0.167. The van der Waals surface area contributed by atoms with Gasteiger partial charge in [-0.3, -0.25) is 4.79 Å². The van der Waals surface area contributed by atoms with Crippen LogP contribution in [0.4, 0.5) is 5.69 Å². The SMILES string of the molecule is Cc1cccc(-c2nc(C(C)C)no2)c1NC(=O)/C=C/c1ccc(C(C)C)cc1. The van der Waals surface area contributed by atoms with E-state index in [4.69, 9.17) is 4.52 Å². The number of aryl methyl sites for hydroxylation is 1. The highest BCUT2D eigenvalue weighted by atomic mass is 16.5. The Bertz CT molecular complexity index is 1010. The summed E-state index contributed by atoms with van der Waals surface area (Å²) >= 11 is 0. The fourth-order valence-electron chi connectivity index (χ4n) is 2.92. The molecule has 0 fully saturated rings. The number of rotatable bonds is 6. The molecule has 29 heavy (non-hydrogen) atoms. The van der Waals surface area contributed by atoms with E-state index in [1.54, 1.807) is 6.08 Å². The van der Waals surface area contributed by atoms with Gasteiger partial charge in [0.25, 0.3) is 5.89 Å². The molecule has 3 aromatic rings. The number of carbonyl (C=O) groups is 1. The fraction of sp³-hybridized carbons (Fsp3) is 0.292. The first-order valence-electron chi connectivity index (χ1n) is 9.87. The molecule has 1 N–H and O–H groups in total. The Labute approximate surface area is 171 Å². The smallest absolute Gasteiger partial charge is 0.260 e. The molecule has 0 spiro atoms. The second-order valence-corrected chi connectivity index (χ2v) is 7.75. The third kappa shape index (κ3) is 4.99. The summed E-state index contributed by atoms with van der Waals surface area (Å²) in [5, 5.41) is 6.99. The van der Waals surface area contributed by atoms with E-state index in [0.29, 0.717) is 28.9 Å². The number of nitrogens with one attached hydrogen (secondary N) is 1. The number of nitrogens with zero attached hydrogens (tertiary/aromatic N) is 2. The molecule has 0 unspecified atom stereocenters. The second-order valence-electron chi connectivity index (χ2n) is 7.75. The summed E-state index contributed by atoms with van der Waals surface area (Å²) in [4.78, 5) is 17.0. The van der Waals surface area contributed by atoms with Crippen LogP contribution < -0.4 is 5.32 Å². The van der Waals surface area contributed by atoms with Gasteiger partial charge in [-0.05, 0) is 41.7 Å². The molecule has 0 aliphatic carbocycles. The van der Waals surface area contributed by atoms with Gasteiger partial charge in [0, 0.05) is 12.0 Å². The van der Waals surface area contributed by atoms with Crippen LogP contribution in [0.1, 0.15) is 62.0 Å². The molecule has 1 aromatic heterocycles. The summed E-state index contributed by atoms with van der Waals surface area (Å²) in [7, 11) is 0. The number of para-hydroxylation sites is 1. The number of amides is 1. The van der Waals surface area contributed by atoms with E-state index >= 15 is 0 Å². The summed E-state index contributed by atoms with van der Waals surface area (Å²) in [6, 6.07) is 13.9. The zero-order valence-electron chi connectivity index (χ0n) is 17.6. The van der Waals surface area contributed by atoms with E-state index in [1.807, 2.05) is 51.1 Å². The molecule has 0 aliphatic rings. The van der Waals surface area contributed by atoms with Crippen LogP contribution in [0.5, 0.6) is 0 Å². The minimum atomic E-state index is -0.211. The lowest BCUT2D eigenvalue weighted by Crippen LogP contribution is -2.10. The largest absolute Gasteiger partial charge is 0.334 e. The summed E-state index contributed by atoms with van der Waals surface area (Å²) in [5.41, 5.74) is 4.57. The maximum Gasteiger partial charge on any atom is 0.260 e. The van der Waals surface area contributed by atoms with Crippen molar-refractivity contribution in [2.45, 2.75) is 46.5 Å². The van der Waals surface area contributed by atoms with E-state index < -0.39 is 0 Å². The Balaban J connectivity index is 1.79. The molecule has 0 saturated heterocycles. The molecule has 1 heterocycles. The zero-order valence-corrected chi connectivity index (χ0v) is 17.6. The molecule has 0 aliphatic heterocycles. The van der Waals surface area contributed by atoms with Crippen molar-refractivity contribution in [3.05, 3.63) is 71.1 Å². The summed E-state index contributed by atoms with van der Waals surface area (Å²) < 4.78 is 5.42. The summed E-state index contributed by atoms with van der Waals surface area (Å²) in [5.74, 6) is 1.48. The Hall–Kier alpha value is -3.21. The van der Waals surface area contributed by atoms with Gasteiger partial charge in [-0.2, -0.15) is 4.98 Å². The number of hydrogen-bond donors (Lipinski definition) is 1. The Morgan fingerprint density at radius 2 is 1.76 bits per heavy atom. The number of anilines is 1. The van der Waals surface area contributed by atoms with Gasteiger partial charge < -0.3 is 9.84 Å². The van der Waals surface area contributed by atoms with E-state index in [2.05, 4.69) is 41.4 Å². The quantitative estimate of drug-likeness (QED) is 0.529. The molecule has 2 aromatic carbocycles. The van der Waals surface area contributed by atoms with E-state index in [1.165, 1.54) is 11.6 Å². The van der Waals surface area contributed by atoms with Gasteiger partial charge in [-0.25, -0.2) is 0 Å². The molecule has 3 rings (SSSR count). The van der Waals surface area contributed by atoms with Crippen molar-refractivity contribution in [2.75, 3.05) is 5.32 Å². The van der Waals surface area contributed by atoms with Gasteiger partial charge in [0.15, 0.2) is 5.82 Å². The van der Waals surface area contributed by atoms with Crippen LogP contribution >= 0.6 is 0 Å². The lowest BCUT2D eigenvalue weighted by Gasteiger charge is -2.10. The predicted octanol–water partition coefficient (Wildman–Crippen LogP) is 5.94. The first-order chi connectivity index (χ1) is 13.8. The molecule has 150 valence electrons. The van der Waals surface area contributed by atoms with Crippen LogP contribution in [0.3, 0.4) is 0 Å². The predicted molar refractivity (Wildman–Crippen MR) is 117 cm³/mol. The topological polar surface area (TPSA) is 68.0 Å². The first kappa shape index (κ1) is 20.5. The Morgan fingerprint density at radius 1 is 1.03 bits per heavy atom. The van der Waals surface area contributed by atoms with Crippen LogP contribution in [-0.4, -0.2) is 16.0 Å². The first-order valence-corrected chi connectivity index (χ1v) is 9.87. The number of benzene rings is 2. The number of hydrogen-bond acceptors (Lipinski definition) is 4. The monoisotopic (exact) mass is 389 g/mol. The minimum Gasteiger partial charge on any atom is -0.334 e. The van der Waals surface area contributed by atoms with E-state index in [-0.39, 0.29) is 11.8 Å². The van der Waals surface area contributed by atoms with Gasteiger partial charge in [-0.1, -0.05) is 69.2 Å². The Morgan fingerprint density at radius 3 is 2.38 bits per heavy atom. The molecule has 0 saturated carbocycles. The average Bonchev–Trinajstić information content (AvgIpc) is 3.18. The molecular formula is C24H27N3O2. The van der Waals surface area contributed by atoms with Crippen molar-refractivity contribution in [3.63, 3.8) is 0 Å². The van der Waals surface area contributed by atoms with Crippen molar-refractivity contribution in [1.82, 2.24) is 10.1 Å². The van der Waals surface area contributed by atoms with Gasteiger partial charge in [0.05, 0.1) is 11.3 Å². The zero-order chi connectivity index (χ0) is 21.0. The molecule has 5 nitrogen and oxygen atoms in total. The van der Waals surface area contributed by atoms with Crippen molar-refractivity contribution >= 4 is 17.7 Å². The number of aromatic nitrogens is 2. The van der Waals surface area contributed by atoms with E-state index in [9.17, 15) is 4.79 Å². The third-order valence-corrected chi connectivity index (χ3v) is 4.74. The molecular weight excluding hydrogens is 362 g/mol. The number of carbonyl (C=O) groups excluding carboxylic acids is 1. The van der Waals surface area contributed by atoms with Crippen molar-refractivity contribution < 1.29 is 9.32 Å². The molecule has 0 bridgehead atoms. The van der Waals surface area contributed by atoms with Crippen LogP contribution in [-0.2, 0) is 4.79 Å². The maximum absolute atomic E-state index is 12.5. The molecule has 0 atom stereocenters. The van der Waals surface area contributed by atoms with Crippen LogP contribution in [0.25, 0.3) is 17.5 Å². The summed E-state index contributed by atoms with van der Waals surface area (Å²) in [6.45, 7) is 10.3. The summed E-state index contributed by atoms with van der Waals surface area (Å²) in [6.07, 6.45) is 3.34. The highest BCUT2D eigenvalue weighted by Gasteiger charge is 2.17. The average molecular weight is 389 g/mol. The second kappa shape index (κ2) is 8.86. The van der Waals surface area contributed by atoms with Crippen molar-refractivity contribution in [1.29, 1.82) is 0 Å². The lowest BCUT2D eigenvalue weighted by molar-refractivity contribution is -0.111. The third-order valence-electron chi connectivity index (χ3n) is 4.74. The van der Waals surface area contributed by atoms with Crippen LogP contribution in [0.15, 0.2) is 53.1 Å². The fourth-order valence-corrected chi connectivity index (χ4v) is 2.92. The maximum atomic E-state index is 12.5.